The molecule has 1 aliphatic rings. The fraction of sp³-hybridized carbons (Fsp3) is 0.500. The molecule has 1 atom stereocenters. The minimum atomic E-state index is -0.416. The molecule has 20 heavy (non-hydrogen) atoms. The van der Waals surface area contributed by atoms with Crippen molar-refractivity contribution >= 4 is 27.5 Å². The average molecular weight is 335 g/mol. The first-order chi connectivity index (χ1) is 9.18. The monoisotopic (exact) mass is 334 g/mol. The van der Waals surface area contributed by atoms with Crippen LogP contribution in [0.5, 0.6) is 0 Å². The van der Waals surface area contributed by atoms with E-state index in [1.54, 1.807) is 6.92 Å². The summed E-state index contributed by atoms with van der Waals surface area (Å²) in [5.74, 6) is 0.0482. The molecule has 0 saturated heterocycles. The lowest BCUT2D eigenvalue weighted by Gasteiger charge is -2.31. The molecular weight excluding hydrogens is 316 g/mol. The molecular formula is C16H19BrN2O. The van der Waals surface area contributed by atoms with Crippen molar-refractivity contribution in [2.24, 2.45) is 5.41 Å². The van der Waals surface area contributed by atoms with Crippen molar-refractivity contribution in [3.8, 4) is 6.07 Å². The Morgan fingerprint density at radius 3 is 2.75 bits per heavy atom. The molecule has 0 fully saturated rings. The first-order valence-electron chi connectivity index (χ1n) is 6.68. The fourth-order valence-corrected chi connectivity index (χ4v) is 3.55. The summed E-state index contributed by atoms with van der Waals surface area (Å²) in [4.78, 5) is 13.7. The van der Waals surface area contributed by atoms with E-state index in [-0.39, 0.29) is 11.3 Å². The van der Waals surface area contributed by atoms with E-state index in [9.17, 15) is 10.1 Å². The van der Waals surface area contributed by atoms with Crippen LogP contribution in [-0.2, 0) is 10.2 Å². The van der Waals surface area contributed by atoms with Crippen LogP contribution in [0, 0.1) is 16.7 Å². The highest BCUT2D eigenvalue weighted by atomic mass is 79.9. The minimum absolute atomic E-state index is 0.0482. The molecule has 106 valence electrons. The van der Waals surface area contributed by atoms with Crippen molar-refractivity contribution in [2.45, 2.75) is 39.5 Å². The molecule has 3 nitrogen and oxygen atoms in total. The average Bonchev–Trinajstić information content (AvgIpc) is 2.62. The summed E-state index contributed by atoms with van der Waals surface area (Å²) < 4.78 is 1.00. The van der Waals surface area contributed by atoms with Gasteiger partial charge in [-0.3, -0.25) is 4.79 Å². The van der Waals surface area contributed by atoms with E-state index in [1.165, 1.54) is 0 Å². The van der Waals surface area contributed by atoms with Crippen LogP contribution < -0.4 is 4.90 Å². The van der Waals surface area contributed by atoms with Gasteiger partial charge in [-0.2, -0.15) is 5.26 Å². The summed E-state index contributed by atoms with van der Waals surface area (Å²) in [6.45, 7) is 8.27. The third-order valence-electron chi connectivity index (χ3n) is 3.92. The predicted molar refractivity (Wildman–Crippen MR) is 83.5 cm³/mol. The van der Waals surface area contributed by atoms with Crippen LogP contribution in [0.25, 0.3) is 0 Å². The van der Waals surface area contributed by atoms with Crippen LogP contribution in [-0.4, -0.2) is 12.5 Å². The maximum Gasteiger partial charge on any atom is 0.223 e. The number of benzene rings is 1. The molecule has 1 aliphatic heterocycles. The Kier molecular flexibility index (Phi) is 3.68. The van der Waals surface area contributed by atoms with Crippen LogP contribution in [0.2, 0.25) is 0 Å². The standard InChI is InChI=1S/C16H19BrN2O/c1-11(20)19-10-16(4,8-15(2,3)9-18)13-7-12(17)5-6-14(13)19/h5-7H,8,10H2,1-4H3. The van der Waals surface area contributed by atoms with Crippen molar-refractivity contribution in [1.29, 1.82) is 5.26 Å². The van der Waals surface area contributed by atoms with E-state index in [0.29, 0.717) is 6.54 Å². The van der Waals surface area contributed by atoms with E-state index >= 15 is 0 Å². The Morgan fingerprint density at radius 2 is 2.20 bits per heavy atom. The number of anilines is 1. The van der Waals surface area contributed by atoms with Crippen molar-refractivity contribution in [3.05, 3.63) is 28.2 Å². The molecule has 2 rings (SSSR count). The van der Waals surface area contributed by atoms with Gasteiger partial charge in [0, 0.05) is 29.0 Å². The third kappa shape index (κ3) is 2.60. The number of halogens is 1. The number of amides is 1. The summed E-state index contributed by atoms with van der Waals surface area (Å²) in [6.07, 6.45) is 0.726. The highest BCUT2D eigenvalue weighted by molar-refractivity contribution is 9.10. The smallest absolute Gasteiger partial charge is 0.223 e. The Morgan fingerprint density at radius 1 is 1.55 bits per heavy atom. The van der Waals surface area contributed by atoms with Crippen LogP contribution in [0.3, 0.4) is 0 Å². The summed E-state index contributed by atoms with van der Waals surface area (Å²) >= 11 is 3.50. The van der Waals surface area contributed by atoms with Gasteiger partial charge in [-0.15, -0.1) is 0 Å². The van der Waals surface area contributed by atoms with Gasteiger partial charge in [0.25, 0.3) is 0 Å². The highest BCUT2D eigenvalue weighted by Crippen LogP contribution is 2.47. The van der Waals surface area contributed by atoms with E-state index in [2.05, 4.69) is 35.0 Å². The number of rotatable bonds is 2. The zero-order chi connectivity index (χ0) is 15.1. The molecule has 1 amide bonds. The van der Waals surface area contributed by atoms with Gasteiger partial charge in [0.1, 0.15) is 0 Å². The van der Waals surface area contributed by atoms with Gasteiger partial charge in [0.2, 0.25) is 5.91 Å². The molecule has 4 heteroatoms. The van der Waals surface area contributed by atoms with Crippen molar-refractivity contribution < 1.29 is 4.79 Å². The van der Waals surface area contributed by atoms with Crippen LogP contribution in [0.1, 0.15) is 39.7 Å². The normalized spacial score (nSPS) is 21.5. The molecule has 1 unspecified atom stereocenters. The van der Waals surface area contributed by atoms with Gasteiger partial charge in [0.05, 0.1) is 11.5 Å². The third-order valence-corrected chi connectivity index (χ3v) is 4.41. The Labute approximate surface area is 128 Å². The number of nitriles is 1. The van der Waals surface area contributed by atoms with Gasteiger partial charge in [-0.05, 0) is 44.0 Å². The maximum atomic E-state index is 11.9. The van der Waals surface area contributed by atoms with Gasteiger partial charge in [-0.1, -0.05) is 22.9 Å². The summed E-state index contributed by atoms with van der Waals surface area (Å²) in [5, 5.41) is 9.31. The highest BCUT2D eigenvalue weighted by Gasteiger charge is 2.43. The lowest BCUT2D eigenvalue weighted by atomic mass is 9.72. The van der Waals surface area contributed by atoms with E-state index in [1.807, 2.05) is 30.9 Å². The van der Waals surface area contributed by atoms with Crippen molar-refractivity contribution in [3.63, 3.8) is 0 Å². The number of carbonyl (C=O) groups is 1. The first-order valence-corrected chi connectivity index (χ1v) is 7.47. The first kappa shape index (κ1) is 15.1. The minimum Gasteiger partial charge on any atom is -0.311 e. The fourth-order valence-electron chi connectivity index (χ4n) is 3.19. The molecule has 0 spiro atoms. The Bertz CT molecular complexity index is 603. The number of hydrogen-bond donors (Lipinski definition) is 0. The van der Waals surface area contributed by atoms with Crippen LogP contribution in [0.4, 0.5) is 5.69 Å². The summed E-state index contributed by atoms with van der Waals surface area (Å²) in [6, 6.07) is 8.37. The lowest BCUT2D eigenvalue weighted by molar-refractivity contribution is -0.116. The largest absolute Gasteiger partial charge is 0.311 e. The Hall–Kier alpha value is -1.34. The second kappa shape index (κ2) is 4.89. The SMILES string of the molecule is CC(=O)N1CC(C)(CC(C)(C)C#N)c2cc(Br)ccc21. The van der Waals surface area contributed by atoms with E-state index < -0.39 is 5.41 Å². The molecule has 0 aromatic heterocycles. The lowest BCUT2D eigenvalue weighted by Crippen LogP contribution is -2.36. The quantitative estimate of drug-likeness (QED) is 0.819. The molecule has 0 aliphatic carbocycles. The molecule has 0 radical (unpaired) electrons. The topological polar surface area (TPSA) is 44.1 Å². The summed E-state index contributed by atoms with van der Waals surface area (Å²) in [5.41, 5.74) is 1.51. The molecule has 1 aromatic carbocycles. The number of fused-ring (bicyclic) bond motifs is 1. The zero-order valence-electron chi connectivity index (χ0n) is 12.3. The van der Waals surface area contributed by atoms with Crippen molar-refractivity contribution in [2.75, 3.05) is 11.4 Å². The molecule has 1 aromatic rings. The molecule has 1 heterocycles. The molecule has 0 bridgehead atoms. The number of hydrogen-bond acceptors (Lipinski definition) is 2. The van der Waals surface area contributed by atoms with Crippen LogP contribution in [0.15, 0.2) is 22.7 Å². The van der Waals surface area contributed by atoms with Gasteiger partial charge in [0.15, 0.2) is 0 Å². The number of carbonyl (C=O) groups excluding carboxylic acids is 1. The zero-order valence-corrected chi connectivity index (χ0v) is 13.9. The second-order valence-electron chi connectivity index (χ2n) is 6.50. The van der Waals surface area contributed by atoms with E-state index in [0.717, 1.165) is 22.1 Å². The van der Waals surface area contributed by atoms with Crippen molar-refractivity contribution in [1.82, 2.24) is 0 Å². The molecule has 0 saturated carbocycles. The summed E-state index contributed by atoms with van der Waals surface area (Å²) in [7, 11) is 0. The second-order valence-corrected chi connectivity index (χ2v) is 7.42. The molecule has 0 N–H and O–H groups in total. The van der Waals surface area contributed by atoms with Gasteiger partial charge in [-0.25, -0.2) is 0 Å². The van der Waals surface area contributed by atoms with Crippen LogP contribution >= 0.6 is 15.9 Å². The Balaban J connectivity index is 2.51. The number of nitrogens with zero attached hydrogens (tertiary/aromatic N) is 2. The predicted octanol–water partition coefficient (Wildman–Crippen LogP) is 4.01. The van der Waals surface area contributed by atoms with Gasteiger partial charge < -0.3 is 4.90 Å². The maximum absolute atomic E-state index is 11.9. The van der Waals surface area contributed by atoms with Gasteiger partial charge >= 0.3 is 0 Å². The van der Waals surface area contributed by atoms with E-state index in [4.69, 9.17) is 0 Å².